The van der Waals surface area contributed by atoms with E-state index in [1.807, 2.05) is 19.9 Å². The highest BCUT2D eigenvalue weighted by molar-refractivity contribution is 6.31. The van der Waals surface area contributed by atoms with Crippen molar-refractivity contribution in [2.45, 2.75) is 38.8 Å². The third kappa shape index (κ3) is 3.71. The standard InChI is InChI=1S/C20H24ClN3O4/c1-11(2)17(19(26)24-8-4-5-15(24)20(27)28)22-18(25)16-10-12-9-13(21)6-7-14(12)23(16)3/h6-7,9-11,15,17H,4-5,8H2,1-3H3,(H,22,25)(H,27,28)/p-1/t15-,17-/m0/s1. The minimum atomic E-state index is -1.26. The molecule has 150 valence electrons. The van der Waals surface area contributed by atoms with Gasteiger partial charge in [0.05, 0.1) is 12.0 Å². The van der Waals surface area contributed by atoms with Gasteiger partial charge < -0.3 is 24.7 Å². The zero-order chi connectivity index (χ0) is 20.6. The Bertz CT molecular complexity index is 937. The van der Waals surface area contributed by atoms with E-state index in [4.69, 9.17) is 11.6 Å². The average Bonchev–Trinajstić information content (AvgIpc) is 3.23. The van der Waals surface area contributed by atoms with Crippen LogP contribution in [-0.4, -0.2) is 45.9 Å². The highest BCUT2D eigenvalue weighted by Crippen LogP contribution is 2.24. The van der Waals surface area contributed by atoms with Crippen molar-refractivity contribution in [2.75, 3.05) is 6.54 Å². The maximum Gasteiger partial charge on any atom is 0.268 e. The van der Waals surface area contributed by atoms with Crippen LogP contribution in [0.25, 0.3) is 10.9 Å². The van der Waals surface area contributed by atoms with Gasteiger partial charge in [-0.05, 0) is 43.0 Å². The summed E-state index contributed by atoms with van der Waals surface area (Å²) >= 11 is 6.03. The fourth-order valence-corrected chi connectivity index (χ4v) is 3.90. The Morgan fingerprint density at radius 3 is 2.61 bits per heavy atom. The molecule has 0 saturated carbocycles. The van der Waals surface area contributed by atoms with Crippen LogP contribution in [0.15, 0.2) is 24.3 Å². The topological polar surface area (TPSA) is 94.5 Å². The number of fused-ring (bicyclic) bond motifs is 1. The lowest BCUT2D eigenvalue weighted by molar-refractivity contribution is -0.310. The maximum absolute atomic E-state index is 13.0. The minimum absolute atomic E-state index is 0.205. The van der Waals surface area contributed by atoms with E-state index in [0.717, 1.165) is 10.9 Å². The van der Waals surface area contributed by atoms with E-state index in [-0.39, 0.29) is 5.92 Å². The number of hydrogen-bond donors (Lipinski definition) is 1. The van der Waals surface area contributed by atoms with Crippen LogP contribution in [-0.2, 0) is 16.6 Å². The highest BCUT2D eigenvalue weighted by Gasteiger charge is 2.36. The molecular weight excluding hydrogens is 382 g/mol. The molecule has 1 fully saturated rings. The van der Waals surface area contributed by atoms with Gasteiger partial charge in [0.2, 0.25) is 5.91 Å². The lowest BCUT2D eigenvalue weighted by Crippen LogP contribution is -2.55. The number of carbonyl (C=O) groups excluding carboxylic acids is 3. The van der Waals surface area contributed by atoms with Crippen molar-refractivity contribution >= 4 is 40.3 Å². The predicted octanol–water partition coefficient (Wildman–Crippen LogP) is 1.33. The molecule has 28 heavy (non-hydrogen) atoms. The molecule has 0 spiro atoms. The van der Waals surface area contributed by atoms with Crippen LogP contribution in [0.3, 0.4) is 0 Å². The molecule has 3 rings (SSSR count). The molecule has 1 saturated heterocycles. The Balaban J connectivity index is 1.85. The van der Waals surface area contributed by atoms with E-state index < -0.39 is 29.9 Å². The van der Waals surface area contributed by atoms with Gasteiger partial charge in [-0.15, -0.1) is 0 Å². The first-order chi connectivity index (χ1) is 13.2. The number of nitrogens with one attached hydrogen (secondary N) is 1. The van der Waals surface area contributed by atoms with Crippen LogP contribution in [0.2, 0.25) is 5.02 Å². The maximum atomic E-state index is 13.0. The highest BCUT2D eigenvalue weighted by atomic mass is 35.5. The average molecular weight is 405 g/mol. The van der Waals surface area contributed by atoms with Crippen molar-refractivity contribution < 1.29 is 19.5 Å². The van der Waals surface area contributed by atoms with E-state index >= 15 is 0 Å². The Kier molecular flexibility index (Phi) is 5.65. The summed E-state index contributed by atoms with van der Waals surface area (Å²) in [6.45, 7) is 3.98. The first kappa shape index (κ1) is 20.2. The number of hydrogen-bond acceptors (Lipinski definition) is 4. The number of halogens is 1. The van der Waals surface area contributed by atoms with Gasteiger partial charge in [0.1, 0.15) is 11.7 Å². The fourth-order valence-electron chi connectivity index (χ4n) is 3.72. The molecule has 1 aliphatic heterocycles. The van der Waals surface area contributed by atoms with Crippen molar-refractivity contribution in [3.63, 3.8) is 0 Å². The van der Waals surface area contributed by atoms with Crippen LogP contribution in [0.1, 0.15) is 37.2 Å². The summed E-state index contributed by atoms with van der Waals surface area (Å²) in [5.74, 6) is -2.25. The molecule has 2 aromatic rings. The van der Waals surface area contributed by atoms with E-state index in [1.165, 1.54) is 4.90 Å². The summed E-state index contributed by atoms with van der Waals surface area (Å²) in [7, 11) is 1.77. The molecule has 2 heterocycles. The third-order valence-electron chi connectivity index (χ3n) is 5.26. The van der Waals surface area contributed by atoms with Crippen LogP contribution < -0.4 is 10.4 Å². The van der Waals surface area contributed by atoms with Gasteiger partial charge in [0.15, 0.2) is 0 Å². The summed E-state index contributed by atoms with van der Waals surface area (Å²) in [6.07, 6.45) is 0.976. The lowest BCUT2D eigenvalue weighted by atomic mass is 10.0. The van der Waals surface area contributed by atoms with Gasteiger partial charge in [-0.2, -0.15) is 0 Å². The number of nitrogens with zero attached hydrogens (tertiary/aromatic N) is 2. The summed E-state index contributed by atoms with van der Waals surface area (Å²) in [6, 6.07) is 5.30. The lowest BCUT2D eigenvalue weighted by Gasteiger charge is -2.31. The van der Waals surface area contributed by atoms with E-state index in [0.29, 0.717) is 30.1 Å². The Morgan fingerprint density at radius 2 is 1.96 bits per heavy atom. The summed E-state index contributed by atoms with van der Waals surface area (Å²) in [4.78, 5) is 38.5. The quantitative estimate of drug-likeness (QED) is 0.813. The molecule has 0 radical (unpaired) electrons. The molecule has 8 heteroatoms. The fraction of sp³-hybridized carbons (Fsp3) is 0.450. The normalized spacial score (nSPS) is 17.9. The molecule has 1 aromatic heterocycles. The number of aryl methyl sites for hydroxylation is 1. The van der Waals surface area contributed by atoms with Crippen molar-refractivity contribution in [1.82, 2.24) is 14.8 Å². The largest absolute Gasteiger partial charge is 0.548 e. The van der Waals surface area contributed by atoms with E-state index in [1.54, 1.807) is 29.8 Å². The second-order valence-electron chi connectivity index (χ2n) is 7.50. The predicted molar refractivity (Wildman–Crippen MR) is 104 cm³/mol. The smallest absolute Gasteiger partial charge is 0.268 e. The van der Waals surface area contributed by atoms with Gasteiger partial charge >= 0.3 is 0 Å². The van der Waals surface area contributed by atoms with Crippen molar-refractivity contribution in [2.24, 2.45) is 13.0 Å². The van der Waals surface area contributed by atoms with Gasteiger partial charge in [0, 0.05) is 29.5 Å². The number of carbonyl (C=O) groups is 3. The molecule has 1 aromatic carbocycles. The van der Waals surface area contributed by atoms with Crippen LogP contribution >= 0.6 is 11.6 Å². The van der Waals surface area contributed by atoms with Crippen molar-refractivity contribution in [3.8, 4) is 0 Å². The number of amides is 2. The van der Waals surface area contributed by atoms with Gasteiger partial charge in [-0.25, -0.2) is 0 Å². The van der Waals surface area contributed by atoms with Crippen LogP contribution in [0.5, 0.6) is 0 Å². The summed E-state index contributed by atoms with van der Waals surface area (Å²) < 4.78 is 1.74. The number of likely N-dealkylation sites (tertiary alicyclic amines) is 1. The van der Waals surface area contributed by atoms with Gasteiger partial charge in [-0.1, -0.05) is 25.4 Å². The van der Waals surface area contributed by atoms with Gasteiger partial charge in [-0.3, -0.25) is 9.59 Å². The number of carboxylic acids is 1. The molecule has 1 aliphatic rings. The Labute approximate surface area is 168 Å². The number of carboxylic acid groups (broad SMARTS) is 1. The van der Waals surface area contributed by atoms with Crippen LogP contribution in [0, 0.1) is 5.92 Å². The molecule has 0 bridgehead atoms. The molecule has 0 aliphatic carbocycles. The second kappa shape index (κ2) is 7.83. The number of rotatable bonds is 5. The van der Waals surface area contributed by atoms with Crippen LogP contribution in [0.4, 0.5) is 0 Å². The minimum Gasteiger partial charge on any atom is -0.548 e. The van der Waals surface area contributed by atoms with Crippen molar-refractivity contribution in [3.05, 3.63) is 35.0 Å². The molecule has 2 amide bonds. The van der Waals surface area contributed by atoms with Crippen molar-refractivity contribution in [1.29, 1.82) is 0 Å². The molecule has 0 unspecified atom stereocenters. The summed E-state index contributed by atoms with van der Waals surface area (Å²) in [5, 5.41) is 15.5. The number of aromatic nitrogens is 1. The molecule has 7 nitrogen and oxygen atoms in total. The molecule has 1 N–H and O–H groups in total. The first-order valence-corrected chi connectivity index (χ1v) is 9.65. The Hall–Kier alpha value is -2.54. The first-order valence-electron chi connectivity index (χ1n) is 9.28. The third-order valence-corrected chi connectivity index (χ3v) is 5.50. The number of benzene rings is 1. The molecular formula is C20H23ClN3O4-. The number of aliphatic carboxylic acids is 1. The van der Waals surface area contributed by atoms with E-state index in [2.05, 4.69) is 5.32 Å². The van der Waals surface area contributed by atoms with Gasteiger partial charge in [0.25, 0.3) is 5.91 Å². The zero-order valence-corrected chi connectivity index (χ0v) is 16.8. The molecule has 2 atom stereocenters. The van der Waals surface area contributed by atoms with E-state index in [9.17, 15) is 19.5 Å². The Morgan fingerprint density at radius 1 is 1.25 bits per heavy atom. The summed E-state index contributed by atoms with van der Waals surface area (Å²) in [5.41, 5.74) is 1.24. The zero-order valence-electron chi connectivity index (χ0n) is 16.1. The monoisotopic (exact) mass is 404 g/mol. The SMILES string of the molecule is CC(C)[C@H](NC(=O)c1cc2cc(Cl)ccc2n1C)C(=O)N1CCC[C@H]1C(=O)[O-]. The second-order valence-corrected chi connectivity index (χ2v) is 7.93.